The predicted molar refractivity (Wildman–Crippen MR) is 101 cm³/mol. The van der Waals surface area contributed by atoms with E-state index in [0.717, 1.165) is 29.1 Å². The fraction of sp³-hybridized carbons (Fsp3) is 0.474. The van der Waals surface area contributed by atoms with Crippen LogP contribution in [-0.4, -0.2) is 16.9 Å². The average molecular weight is 363 g/mol. The Morgan fingerprint density at radius 2 is 1.79 bits per heavy atom. The van der Waals surface area contributed by atoms with E-state index in [1.54, 1.807) is 11.3 Å². The number of nitrogens with zero attached hydrogens (tertiary/aromatic N) is 1. The third-order valence-corrected chi connectivity index (χ3v) is 5.65. The van der Waals surface area contributed by atoms with Gasteiger partial charge in [-0.05, 0) is 25.0 Å². The summed E-state index contributed by atoms with van der Waals surface area (Å²) in [6.07, 6.45) is 8.96. The third kappa shape index (κ3) is 5.05. The number of benzene rings is 1. The second-order valence-corrected chi connectivity index (χ2v) is 7.73. The molecule has 0 spiro atoms. The SMILES string of the molecule is O=C(Cc1csc(-c2ccc(Cl)cc2)n1)NC1CCCCCCC1. The number of aromatic nitrogens is 1. The van der Waals surface area contributed by atoms with Gasteiger partial charge in [-0.15, -0.1) is 11.3 Å². The Bertz CT molecular complexity index is 660. The maximum absolute atomic E-state index is 12.3. The van der Waals surface area contributed by atoms with Gasteiger partial charge < -0.3 is 5.32 Å². The molecule has 3 rings (SSSR count). The number of halogens is 1. The van der Waals surface area contributed by atoms with Crippen molar-refractivity contribution in [2.45, 2.75) is 57.4 Å². The van der Waals surface area contributed by atoms with E-state index in [9.17, 15) is 4.79 Å². The lowest BCUT2D eigenvalue weighted by atomic mass is 9.96. The highest BCUT2D eigenvalue weighted by molar-refractivity contribution is 7.13. The molecule has 5 heteroatoms. The largest absolute Gasteiger partial charge is 0.353 e. The van der Waals surface area contributed by atoms with Crippen molar-refractivity contribution in [3.63, 3.8) is 0 Å². The summed E-state index contributed by atoms with van der Waals surface area (Å²) in [5, 5.41) is 6.82. The Balaban J connectivity index is 1.55. The number of hydrogen-bond donors (Lipinski definition) is 1. The van der Waals surface area contributed by atoms with Crippen LogP contribution in [0, 0.1) is 0 Å². The Morgan fingerprint density at radius 3 is 2.50 bits per heavy atom. The first-order valence-electron chi connectivity index (χ1n) is 8.70. The Kier molecular flexibility index (Phi) is 6.27. The first kappa shape index (κ1) is 17.4. The van der Waals surface area contributed by atoms with Crippen molar-refractivity contribution in [2.75, 3.05) is 0 Å². The topological polar surface area (TPSA) is 42.0 Å². The molecule has 24 heavy (non-hydrogen) atoms. The lowest BCUT2D eigenvalue weighted by molar-refractivity contribution is -0.121. The van der Waals surface area contributed by atoms with Crippen LogP contribution in [0.15, 0.2) is 29.6 Å². The minimum atomic E-state index is 0.0912. The molecule has 0 radical (unpaired) electrons. The standard InChI is InChI=1S/C19H23ClN2OS/c20-15-10-8-14(9-11-15)19-22-17(13-24-19)12-18(23)21-16-6-4-2-1-3-5-7-16/h8-11,13,16H,1-7,12H2,(H,21,23). The van der Waals surface area contributed by atoms with E-state index >= 15 is 0 Å². The normalized spacial score (nSPS) is 16.4. The molecule has 1 heterocycles. The molecule has 0 aliphatic heterocycles. The molecule has 3 nitrogen and oxygen atoms in total. The van der Waals surface area contributed by atoms with Gasteiger partial charge in [0, 0.05) is 22.0 Å². The second kappa shape index (κ2) is 8.63. The van der Waals surface area contributed by atoms with E-state index in [0.29, 0.717) is 17.5 Å². The van der Waals surface area contributed by atoms with Crippen LogP contribution < -0.4 is 5.32 Å². The summed E-state index contributed by atoms with van der Waals surface area (Å²) in [4.78, 5) is 16.9. The van der Waals surface area contributed by atoms with Gasteiger partial charge in [0.25, 0.3) is 0 Å². The highest BCUT2D eigenvalue weighted by atomic mass is 35.5. The van der Waals surface area contributed by atoms with Gasteiger partial charge >= 0.3 is 0 Å². The van der Waals surface area contributed by atoms with Gasteiger partial charge in [-0.3, -0.25) is 4.79 Å². The molecule has 1 saturated carbocycles. The summed E-state index contributed by atoms with van der Waals surface area (Å²) in [6, 6.07) is 7.98. The van der Waals surface area contributed by atoms with Gasteiger partial charge in [0.1, 0.15) is 5.01 Å². The monoisotopic (exact) mass is 362 g/mol. The highest BCUT2D eigenvalue weighted by Gasteiger charge is 2.15. The van der Waals surface area contributed by atoms with Crippen molar-refractivity contribution in [1.82, 2.24) is 10.3 Å². The summed E-state index contributed by atoms with van der Waals surface area (Å²) in [7, 11) is 0. The fourth-order valence-electron chi connectivity index (χ4n) is 3.16. The molecule has 1 aliphatic carbocycles. The molecule has 1 fully saturated rings. The van der Waals surface area contributed by atoms with Crippen LogP contribution in [0.25, 0.3) is 10.6 Å². The van der Waals surface area contributed by atoms with Gasteiger partial charge in [-0.1, -0.05) is 55.8 Å². The number of carbonyl (C=O) groups is 1. The summed E-state index contributed by atoms with van der Waals surface area (Å²) in [5.74, 6) is 0.0912. The van der Waals surface area contributed by atoms with Crippen LogP contribution >= 0.6 is 22.9 Å². The first-order valence-corrected chi connectivity index (χ1v) is 9.96. The summed E-state index contributed by atoms with van der Waals surface area (Å²) >= 11 is 7.49. The quantitative estimate of drug-likeness (QED) is 0.808. The van der Waals surface area contributed by atoms with E-state index in [4.69, 9.17) is 11.6 Å². The van der Waals surface area contributed by atoms with Crippen molar-refractivity contribution < 1.29 is 4.79 Å². The van der Waals surface area contributed by atoms with E-state index in [1.807, 2.05) is 29.6 Å². The van der Waals surface area contributed by atoms with Gasteiger partial charge in [-0.25, -0.2) is 4.98 Å². The zero-order valence-corrected chi connectivity index (χ0v) is 15.3. The van der Waals surface area contributed by atoms with Crippen molar-refractivity contribution in [1.29, 1.82) is 0 Å². The molecule has 0 saturated heterocycles. The van der Waals surface area contributed by atoms with Crippen molar-refractivity contribution in [3.8, 4) is 10.6 Å². The Morgan fingerprint density at radius 1 is 1.12 bits per heavy atom. The smallest absolute Gasteiger partial charge is 0.226 e. The molecule has 0 bridgehead atoms. The fourth-order valence-corrected chi connectivity index (χ4v) is 4.11. The number of thiazole rings is 1. The number of hydrogen-bond acceptors (Lipinski definition) is 3. The van der Waals surface area contributed by atoms with Crippen LogP contribution in [0.2, 0.25) is 5.02 Å². The van der Waals surface area contributed by atoms with Crippen LogP contribution in [0.1, 0.15) is 50.6 Å². The molecule has 1 N–H and O–H groups in total. The number of carbonyl (C=O) groups excluding carboxylic acids is 1. The van der Waals surface area contributed by atoms with E-state index in [1.165, 1.54) is 32.1 Å². The number of rotatable bonds is 4. The molecular formula is C19H23ClN2OS. The number of nitrogens with one attached hydrogen (secondary N) is 1. The molecule has 1 aliphatic rings. The third-order valence-electron chi connectivity index (χ3n) is 4.45. The minimum absolute atomic E-state index is 0.0912. The minimum Gasteiger partial charge on any atom is -0.353 e. The van der Waals surface area contributed by atoms with E-state index < -0.39 is 0 Å². The average Bonchev–Trinajstić information content (AvgIpc) is 2.99. The summed E-state index contributed by atoms with van der Waals surface area (Å²) < 4.78 is 0. The van der Waals surface area contributed by atoms with Crippen LogP contribution in [-0.2, 0) is 11.2 Å². The van der Waals surface area contributed by atoms with Crippen molar-refractivity contribution in [3.05, 3.63) is 40.4 Å². The maximum Gasteiger partial charge on any atom is 0.226 e. The van der Waals surface area contributed by atoms with Crippen molar-refractivity contribution >= 4 is 28.8 Å². The van der Waals surface area contributed by atoms with Gasteiger partial charge in [0.2, 0.25) is 5.91 Å². The Labute approximate surface area is 152 Å². The molecule has 1 aromatic heterocycles. The van der Waals surface area contributed by atoms with Crippen LogP contribution in [0.3, 0.4) is 0 Å². The van der Waals surface area contributed by atoms with Gasteiger partial charge in [0.15, 0.2) is 0 Å². The maximum atomic E-state index is 12.3. The lowest BCUT2D eigenvalue weighted by Gasteiger charge is -2.20. The van der Waals surface area contributed by atoms with Gasteiger partial charge in [0.05, 0.1) is 12.1 Å². The highest BCUT2D eigenvalue weighted by Crippen LogP contribution is 2.25. The molecule has 0 unspecified atom stereocenters. The summed E-state index contributed by atoms with van der Waals surface area (Å²) in [5.41, 5.74) is 1.88. The molecule has 1 amide bonds. The Hall–Kier alpha value is -1.39. The van der Waals surface area contributed by atoms with Gasteiger partial charge in [-0.2, -0.15) is 0 Å². The van der Waals surface area contributed by atoms with E-state index in [2.05, 4.69) is 10.3 Å². The molecule has 1 aromatic carbocycles. The zero-order valence-electron chi connectivity index (χ0n) is 13.8. The molecular weight excluding hydrogens is 340 g/mol. The first-order chi connectivity index (χ1) is 11.7. The molecule has 0 atom stereocenters. The van der Waals surface area contributed by atoms with Crippen molar-refractivity contribution in [2.24, 2.45) is 0 Å². The van der Waals surface area contributed by atoms with Crippen LogP contribution in [0.4, 0.5) is 0 Å². The zero-order chi connectivity index (χ0) is 16.8. The van der Waals surface area contributed by atoms with E-state index in [-0.39, 0.29) is 5.91 Å². The lowest BCUT2D eigenvalue weighted by Crippen LogP contribution is -2.36. The number of amides is 1. The predicted octanol–water partition coefficient (Wildman–Crippen LogP) is 5.24. The molecule has 2 aromatic rings. The second-order valence-electron chi connectivity index (χ2n) is 6.44. The summed E-state index contributed by atoms with van der Waals surface area (Å²) in [6.45, 7) is 0. The van der Waals surface area contributed by atoms with Crippen LogP contribution in [0.5, 0.6) is 0 Å². The molecule has 128 valence electrons.